The van der Waals surface area contributed by atoms with Crippen molar-refractivity contribution in [2.45, 2.75) is 20.8 Å². The highest BCUT2D eigenvalue weighted by Gasteiger charge is 2.16. The van der Waals surface area contributed by atoms with Gasteiger partial charge in [0.25, 0.3) is 5.91 Å². The molecule has 128 valence electrons. The van der Waals surface area contributed by atoms with Gasteiger partial charge >= 0.3 is 0 Å². The monoisotopic (exact) mass is 346 g/mol. The number of sulfonamides is 1. The van der Waals surface area contributed by atoms with Crippen molar-refractivity contribution in [1.82, 2.24) is 0 Å². The van der Waals surface area contributed by atoms with Crippen molar-refractivity contribution < 1.29 is 13.2 Å². The third-order valence-electron chi connectivity index (χ3n) is 3.93. The zero-order valence-electron chi connectivity index (χ0n) is 14.5. The first-order valence-corrected chi connectivity index (χ1v) is 9.37. The van der Waals surface area contributed by atoms with Crippen LogP contribution in [-0.2, 0) is 10.0 Å². The molecule has 0 radical (unpaired) electrons. The van der Waals surface area contributed by atoms with Crippen LogP contribution in [-0.4, -0.2) is 27.6 Å². The molecular weight excluding hydrogens is 324 g/mol. The van der Waals surface area contributed by atoms with Crippen molar-refractivity contribution in [3.05, 3.63) is 58.7 Å². The molecule has 6 heteroatoms. The second kappa shape index (κ2) is 6.65. The number of nitrogens with one attached hydrogen (secondary N) is 1. The quantitative estimate of drug-likeness (QED) is 0.924. The summed E-state index contributed by atoms with van der Waals surface area (Å²) in [5, 5.41) is 2.89. The molecule has 0 fully saturated rings. The van der Waals surface area contributed by atoms with Crippen molar-refractivity contribution in [1.29, 1.82) is 0 Å². The topological polar surface area (TPSA) is 66.5 Å². The normalized spacial score (nSPS) is 11.2. The molecule has 0 saturated heterocycles. The van der Waals surface area contributed by atoms with Crippen LogP contribution < -0.4 is 9.62 Å². The molecule has 5 nitrogen and oxygen atoms in total. The molecule has 0 atom stereocenters. The maximum absolute atomic E-state index is 12.4. The molecule has 24 heavy (non-hydrogen) atoms. The lowest BCUT2D eigenvalue weighted by atomic mass is 10.1. The summed E-state index contributed by atoms with van der Waals surface area (Å²) in [4.78, 5) is 12.4. The van der Waals surface area contributed by atoms with Crippen LogP contribution in [0.2, 0.25) is 0 Å². The van der Waals surface area contributed by atoms with Crippen molar-refractivity contribution in [2.24, 2.45) is 0 Å². The van der Waals surface area contributed by atoms with Crippen LogP contribution in [0.15, 0.2) is 36.4 Å². The zero-order chi connectivity index (χ0) is 18.1. The Morgan fingerprint density at radius 3 is 2.21 bits per heavy atom. The highest BCUT2D eigenvalue weighted by Crippen LogP contribution is 2.23. The molecule has 1 amide bonds. The number of benzene rings is 2. The van der Waals surface area contributed by atoms with E-state index in [0.29, 0.717) is 11.3 Å². The SMILES string of the molecule is Cc1ccc(NC(=O)c2ccc(N(C)S(C)(=O)=O)c(C)c2)c(C)c1. The number of anilines is 2. The minimum atomic E-state index is -3.34. The van der Waals surface area contributed by atoms with Gasteiger partial charge in [0.15, 0.2) is 0 Å². The van der Waals surface area contributed by atoms with Gasteiger partial charge in [-0.2, -0.15) is 0 Å². The van der Waals surface area contributed by atoms with E-state index in [0.717, 1.165) is 28.6 Å². The molecular formula is C18H22N2O3S. The number of amides is 1. The standard InChI is InChI=1S/C18H22N2O3S/c1-12-6-8-16(13(2)10-12)19-18(21)15-7-9-17(14(3)11-15)20(4)24(5,22)23/h6-11H,1-5H3,(H,19,21). The van der Waals surface area contributed by atoms with E-state index < -0.39 is 10.0 Å². The van der Waals surface area contributed by atoms with Gasteiger partial charge in [0.05, 0.1) is 11.9 Å². The van der Waals surface area contributed by atoms with Gasteiger partial charge in [0.1, 0.15) is 0 Å². The van der Waals surface area contributed by atoms with Crippen molar-refractivity contribution in [3.8, 4) is 0 Å². The Morgan fingerprint density at radius 2 is 1.67 bits per heavy atom. The molecule has 2 aromatic carbocycles. The third kappa shape index (κ3) is 3.94. The van der Waals surface area contributed by atoms with E-state index in [1.54, 1.807) is 25.1 Å². The number of carbonyl (C=O) groups is 1. The molecule has 0 spiro atoms. The molecule has 0 aliphatic heterocycles. The molecule has 0 aliphatic carbocycles. The first-order valence-electron chi connectivity index (χ1n) is 7.53. The summed E-state index contributed by atoms with van der Waals surface area (Å²) in [6.45, 7) is 5.72. The Balaban J connectivity index is 2.27. The number of nitrogens with zero attached hydrogens (tertiary/aromatic N) is 1. The first kappa shape index (κ1) is 18.0. The second-order valence-electron chi connectivity index (χ2n) is 6.00. The summed E-state index contributed by atoms with van der Waals surface area (Å²) < 4.78 is 24.5. The smallest absolute Gasteiger partial charge is 0.255 e. The fraction of sp³-hybridized carbons (Fsp3) is 0.278. The molecule has 0 heterocycles. The molecule has 0 bridgehead atoms. The van der Waals surface area contributed by atoms with Crippen molar-refractivity contribution >= 4 is 27.3 Å². The Hall–Kier alpha value is -2.34. The minimum Gasteiger partial charge on any atom is -0.322 e. The average Bonchev–Trinajstić information content (AvgIpc) is 2.48. The van der Waals surface area contributed by atoms with E-state index in [-0.39, 0.29) is 5.91 Å². The highest BCUT2D eigenvalue weighted by molar-refractivity contribution is 7.92. The maximum atomic E-state index is 12.4. The van der Waals surface area contributed by atoms with Gasteiger partial charge in [-0.15, -0.1) is 0 Å². The van der Waals surface area contributed by atoms with E-state index in [1.165, 1.54) is 11.4 Å². The fourth-order valence-corrected chi connectivity index (χ4v) is 3.04. The summed E-state index contributed by atoms with van der Waals surface area (Å²) in [6.07, 6.45) is 1.15. The van der Waals surface area contributed by atoms with Crippen LogP contribution in [0.5, 0.6) is 0 Å². The summed E-state index contributed by atoms with van der Waals surface area (Å²) >= 11 is 0. The molecule has 0 aliphatic rings. The van der Waals surface area contributed by atoms with Crippen LogP contribution in [0, 0.1) is 20.8 Å². The molecule has 2 aromatic rings. The van der Waals surface area contributed by atoms with E-state index >= 15 is 0 Å². The largest absolute Gasteiger partial charge is 0.322 e. The van der Waals surface area contributed by atoms with Gasteiger partial charge in [-0.25, -0.2) is 8.42 Å². The predicted molar refractivity (Wildman–Crippen MR) is 98.3 cm³/mol. The maximum Gasteiger partial charge on any atom is 0.255 e. The van der Waals surface area contributed by atoms with E-state index in [9.17, 15) is 13.2 Å². The Labute approximate surface area is 143 Å². The Bertz CT molecular complexity index is 889. The van der Waals surface area contributed by atoms with Gasteiger partial charge in [0, 0.05) is 18.3 Å². The lowest BCUT2D eigenvalue weighted by molar-refractivity contribution is 0.102. The van der Waals surface area contributed by atoms with Crippen LogP contribution in [0.4, 0.5) is 11.4 Å². The number of hydrogen-bond donors (Lipinski definition) is 1. The summed E-state index contributed by atoms with van der Waals surface area (Å²) in [7, 11) is -1.84. The van der Waals surface area contributed by atoms with Crippen LogP contribution in [0.1, 0.15) is 27.0 Å². The van der Waals surface area contributed by atoms with Gasteiger partial charge in [-0.05, 0) is 56.2 Å². The third-order valence-corrected chi connectivity index (χ3v) is 5.12. The first-order chi connectivity index (χ1) is 11.1. The second-order valence-corrected chi connectivity index (χ2v) is 8.02. The van der Waals surface area contributed by atoms with Gasteiger partial charge < -0.3 is 5.32 Å². The summed E-state index contributed by atoms with van der Waals surface area (Å²) in [5.74, 6) is -0.224. The van der Waals surface area contributed by atoms with E-state index in [4.69, 9.17) is 0 Å². The predicted octanol–water partition coefficient (Wildman–Crippen LogP) is 3.26. The van der Waals surface area contributed by atoms with Gasteiger partial charge in [0.2, 0.25) is 10.0 Å². The fourth-order valence-electron chi connectivity index (χ4n) is 2.48. The lowest BCUT2D eigenvalue weighted by Gasteiger charge is -2.19. The van der Waals surface area contributed by atoms with E-state index in [2.05, 4.69) is 5.32 Å². The molecule has 2 rings (SSSR count). The summed E-state index contributed by atoms with van der Waals surface area (Å²) in [5.41, 5.74) is 4.65. The number of aryl methyl sites for hydroxylation is 3. The van der Waals surface area contributed by atoms with E-state index in [1.807, 2.05) is 32.0 Å². The van der Waals surface area contributed by atoms with Crippen LogP contribution in [0.3, 0.4) is 0 Å². The van der Waals surface area contributed by atoms with Gasteiger partial charge in [-0.1, -0.05) is 17.7 Å². The van der Waals surface area contributed by atoms with Gasteiger partial charge in [-0.3, -0.25) is 9.10 Å². The average molecular weight is 346 g/mol. The molecule has 1 N–H and O–H groups in total. The van der Waals surface area contributed by atoms with Crippen LogP contribution in [0.25, 0.3) is 0 Å². The lowest BCUT2D eigenvalue weighted by Crippen LogP contribution is -2.25. The van der Waals surface area contributed by atoms with Crippen molar-refractivity contribution in [2.75, 3.05) is 22.9 Å². The molecule has 0 aromatic heterocycles. The van der Waals surface area contributed by atoms with Crippen LogP contribution >= 0.6 is 0 Å². The number of rotatable bonds is 4. The Morgan fingerprint density at radius 1 is 1.00 bits per heavy atom. The van der Waals surface area contributed by atoms with Crippen molar-refractivity contribution in [3.63, 3.8) is 0 Å². The molecule has 0 unspecified atom stereocenters. The highest BCUT2D eigenvalue weighted by atomic mass is 32.2. The molecule has 0 saturated carbocycles. The number of hydrogen-bond acceptors (Lipinski definition) is 3. The number of carbonyl (C=O) groups excluding carboxylic acids is 1. The minimum absolute atomic E-state index is 0.224. The Kier molecular flexibility index (Phi) is 4.99. The zero-order valence-corrected chi connectivity index (χ0v) is 15.4. The summed E-state index contributed by atoms with van der Waals surface area (Å²) in [6, 6.07) is 10.8.